The number of nitrogens with zero attached hydrogens (tertiary/aromatic N) is 1. The zero-order valence-corrected chi connectivity index (χ0v) is 10.5. The Morgan fingerprint density at radius 1 is 1.27 bits per heavy atom. The van der Waals surface area contributed by atoms with Crippen molar-refractivity contribution in [3.05, 3.63) is 12.7 Å². The third-order valence-electron chi connectivity index (χ3n) is 2.33. The maximum atomic E-state index is 10.9. The normalized spacial score (nSPS) is 13.3. The molecule has 0 saturated carbocycles. The number of hydrogen-bond acceptors (Lipinski definition) is 3. The van der Waals surface area contributed by atoms with Gasteiger partial charge in [0, 0.05) is 24.2 Å². The molecule has 1 atom stereocenters. The first-order chi connectivity index (χ1) is 6.90. The van der Waals surface area contributed by atoms with Crippen molar-refractivity contribution in [2.75, 3.05) is 6.61 Å². The van der Waals surface area contributed by atoms with Gasteiger partial charge in [-0.2, -0.15) is 0 Å². The summed E-state index contributed by atoms with van der Waals surface area (Å²) < 4.78 is 5.04. The van der Waals surface area contributed by atoms with E-state index in [1.54, 1.807) is 0 Å². The molecule has 0 bridgehead atoms. The summed E-state index contributed by atoms with van der Waals surface area (Å²) in [4.78, 5) is 13.2. The minimum Gasteiger partial charge on any atom is -0.461 e. The first-order valence-corrected chi connectivity index (χ1v) is 5.46. The SMILES string of the molecule is C=CC(=O)OCC(C)N(C(C)C)C(C)C. The molecule has 0 fully saturated rings. The Labute approximate surface area is 93.1 Å². The van der Waals surface area contributed by atoms with Gasteiger partial charge in [-0.15, -0.1) is 0 Å². The van der Waals surface area contributed by atoms with Crippen molar-refractivity contribution >= 4 is 5.97 Å². The van der Waals surface area contributed by atoms with E-state index in [4.69, 9.17) is 4.74 Å². The van der Waals surface area contributed by atoms with Gasteiger partial charge in [-0.25, -0.2) is 4.79 Å². The van der Waals surface area contributed by atoms with Crippen LogP contribution in [0, 0.1) is 0 Å². The van der Waals surface area contributed by atoms with E-state index in [0.29, 0.717) is 18.7 Å². The van der Waals surface area contributed by atoms with Crippen LogP contribution in [-0.4, -0.2) is 35.6 Å². The Hall–Kier alpha value is -0.830. The minimum absolute atomic E-state index is 0.230. The molecule has 3 nitrogen and oxygen atoms in total. The average molecular weight is 213 g/mol. The van der Waals surface area contributed by atoms with Crippen LogP contribution in [0.2, 0.25) is 0 Å². The molecule has 0 aromatic carbocycles. The molecule has 88 valence electrons. The lowest BCUT2D eigenvalue weighted by atomic mass is 10.1. The molecule has 0 heterocycles. The number of carbonyl (C=O) groups excluding carboxylic acids is 1. The number of esters is 1. The van der Waals surface area contributed by atoms with E-state index >= 15 is 0 Å². The van der Waals surface area contributed by atoms with Crippen LogP contribution in [0.15, 0.2) is 12.7 Å². The maximum absolute atomic E-state index is 10.9. The largest absolute Gasteiger partial charge is 0.461 e. The third-order valence-corrected chi connectivity index (χ3v) is 2.33. The molecule has 0 rings (SSSR count). The van der Waals surface area contributed by atoms with Crippen LogP contribution in [0.3, 0.4) is 0 Å². The van der Waals surface area contributed by atoms with Crippen molar-refractivity contribution in [2.45, 2.75) is 52.7 Å². The van der Waals surface area contributed by atoms with Crippen molar-refractivity contribution in [3.63, 3.8) is 0 Å². The second kappa shape index (κ2) is 6.62. The predicted octanol–water partition coefficient (Wildman–Crippen LogP) is 2.22. The predicted molar refractivity (Wildman–Crippen MR) is 62.7 cm³/mol. The van der Waals surface area contributed by atoms with E-state index in [-0.39, 0.29) is 12.0 Å². The molecular formula is C12H23NO2. The molecule has 0 amide bonds. The molecule has 3 heteroatoms. The van der Waals surface area contributed by atoms with Gasteiger partial charge in [-0.05, 0) is 34.6 Å². The van der Waals surface area contributed by atoms with Crippen molar-refractivity contribution < 1.29 is 9.53 Å². The van der Waals surface area contributed by atoms with Gasteiger partial charge < -0.3 is 4.74 Å². The highest BCUT2D eigenvalue weighted by Crippen LogP contribution is 2.10. The molecule has 0 aromatic rings. The monoisotopic (exact) mass is 213 g/mol. The first-order valence-electron chi connectivity index (χ1n) is 5.46. The van der Waals surface area contributed by atoms with Crippen molar-refractivity contribution in [2.24, 2.45) is 0 Å². The number of hydrogen-bond donors (Lipinski definition) is 0. The Kier molecular flexibility index (Phi) is 6.25. The molecule has 0 saturated heterocycles. The Balaban J connectivity index is 4.20. The van der Waals surface area contributed by atoms with Gasteiger partial charge in [-0.1, -0.05) is 6.58 Å². The van der Waals surface area contributed by atoms with Gasteiger partial charge in [0.15, 0.2) is 0 Å². The Morgan fingerprint density at radius 2 is 1.73 bits per heavy atom. The summed E-state index contributed by atoms with van der Waals surface area (Å²) in [5.74, 6) is -0.352. The molecule has 0 aromatic heterocycles. The zero-order chi connectivity index (χ0) is 12.0. The maximum Gasteiger partial charge on any atom is 0.330 e. The van der Waals surface area contributed by atoms with Crippen LogP contribution in [0.4, 0.5) is 0 Å². The Bertz CT molecular complexity index is 204. The molecule has 0 N–H and O–H groups in total. The highest BCUT2D eigenvalue weighted by molar-refractivity contribution is 5.81. The summed E-state index contributed by atoms with van der Waals surface area (Å²) >= 11 is 0. The first kappa shape index (κ1) is 14.2. The number of ether oxygens (including phenoxy) is 1. The molecule has 1 unspecified atom stereocenters. The lowest BCUT2D eigenvalue weighted by Gasteiger charge is -2.35. The zero-order valence-electron chi connectivity index (χ0n) is 10.5. The van der Waals surface area contributed by atoms with Gasteiger partial charge in [0.1, 0.15) is 6.61 Å². The fraction of sp³-hybridized carbons (Fsp3) is 0.750. The smallest absolute Gasteiger partial charge is 0.330 e. The van der Waals surface area contributed by atoms with Gasteiger partial charge in [0.25, 0.3) is 0 Å². The number of rotatable bonds is 6. The molecule has 0 aliphatic rings. The molecule has 0 aliphatic carbocycles. The molecule has 15 heavy (non-hydrogen) atoms. The van der Waals surface area contributed by atoms with Gasteiger partial charge in [0.2, 0.25) is 0 Å². The van der Waals surface area contributed by atoms with Crippen molar-refractivity contribution in [3.8, 4) is 0 Å². The van der Waals surface area contributed by atoms with E-state index < -0.39 is 0 Å². The Morgan fingerprint density at radius 3 is 2.07 bits per heavy atom. The van der Waals surface area contributed by atoms with Crippen LogP contribution >= 0.6 is 0 Å². The summed E-state index contributed by atoms with van der Waals surface area (Å²) in [5.41, 5.74) is 0. The van der Waals surface area contributed by atoms with Crippen molar-refractivity contribution in [1.82, 2.24) is 4.90 Å². The summed E-state index contributed by atoms with van der Waals surface area (Å²) in [6.07, 6.45) is 1.20. The highest BCUT2D eigenvalue weighted by atomic mass is 16.5. The fourth-order valence-electron chi connectivity index (χ4n) is 1.96. The van der Waals surface area contributed by atoms with E-state index in [2.05, 4.69) is 46.1 Å². The lowest BCUT2D eigenvalue weighted by Crippen LogP contribution is -2.45. The fourth-order valence-corrected chi connectivity index (χ4v) is 1.96. The summed E-state index contributed by atoms with van der Waals surface area (Å²) in [6, 6.07) is 1.12. The number of carbonyl (C=O) groups is 1. The summed E-state index contributed by atoms with van der Waals surface area (Å²) in [5, 5.41) is 0. The quantitative estimate of drug-likeness (QED) is 0.500. The topological polar surface area (TPSA) is 29.5 Å². The van der Waals surface area contributed by atoms with Crippen LogP contribution in [0.1, 0.15) is 34.6 Å². The third kappa shape index (κ3) is 4.98. The second-order valence-corrected chi connectivity index (χ2v) is 4.32. The molecule has 0 aliphatic heterocycles. The highest BCUT2D eigenvalue weighted by Gasteiger charge is 2.20. The van der Waals surface area contributed by atoms with Crippen LogP contribution in [-0.2, 0) is 9.53 Å². The standard InChI is InChI=1S/C12H23NO2/c1-7-12(14)15-8-11(6)13(9(2)3)10(4)5/h7,9-11H,1,8H2,2-6H3. The minimum atomic E-state index is -0.352. The molecule has 0 spiro atoms. The van der Waals surface area contributed by atoms with Gasteiger partial charge >= 0.3 is 5.97 Å². The molecule has 0 radical (unpaired) electrons. The second-order valence-electron chi connectivity index (χ2n) is 4.32. The van der Waals surface area contributed by atoms with E-state index in [9.17, 15) is 4.79 Å². The van der Waals surface area contributed by atoms with Crippen LogP contribution in [0.5, 0.6) is 0 Å². The van der Waals surface area contributed by atoms with Gasteiger partial charge in [-0.3, -0.25) is 4.90 Å². The van der Waals surface area contributed by atoms with E-state index in [1.165, 1.54) is 6.08 Å². The van der Waals surface area contributed by atoms with E-state index in [0.717, 1.165) is 0 Å². The average Bonchev–Trinajstić information content (AvgIpc) is 2.12. The summed E-state index contributed by atoms with van der Waals surface area (Å²) in [6.45, 7) is 14.4. The van der Waals surface area contributed by atoms with Crippen molar-refractivity contribution in [1.29, 1.82) is 0 Å². The lowest BCUT2D eigenvalue weighted by molar-refractivity contribution is -0.139. The molecular weight excluding hydrogens is 190 g/mol. The van der Waals surface area contributed by atoms with Crippen LogP contribution in [0.25, 0.3) is 0 Å². The van der Waals surface area contributed by atoms with E-state index in [1.807, 2.05) is 0 Å². The van der Waals surface area contributed by atoms with Gasteiger partial charge in [0.05, 0.1) is 0 Å². The van der Waals surface area contributed by atoms with Crippen LogP contribution < -0.4 is 0 Å². The summed E-state index contributed by atoms with van der Waals surface area (Å²) in [7, 11) is 0.